The van der Waals surface area contributed by atoms with Crippen molar-refractivity contribution in [3.8, 4) is 5.69 Å². The van der Waals surface area contributed by atoms with Crippen LogP contribution in [0.15, 0.2) is 59.7 Å². The van der Waals surface area contributed by atoms with Crippen LogP contribution in [0.3, 0.4) is 0 Å². The zero-order valence-corrected chi connectivity index (χ0v) is 13.9. The van der Waals surface area contributed by atoms with Gasteiger partial charge in [0.1, 0.15) is 18.4 Å². The topological polar surface area (TPSA) is 64.2 Å². The van der Waals surface area contributed by atoms with E-state index in [1.807, 2.05) is 39.8 Å². The lowest BCUT2D eigenvalue weighted by Gasteiger charge is -2.32. The monoisotopic (exact) mass is 336 g/mol. The molecule has 0 radical (unpaired) electrons. The van der Waals surface area contributed by atoms with Crippen LogP contribution in [0.25, 0.3) is 5.69 Å². The fraction of sp³-hybridized carbons (Fsp3) is 0.316. The van der Waals surface area contributed by atoms with Gasteiger partial charge in [-0.15, -0.1) is 10.2 Å². The van der Waals surface area contributed by atoms with Crippen LogP contribution < -0.4 is 0 Å². The van der Waals surface area contributed by atoms with Crippen molar-refractivity contribution in [3.05, 3.63) is 66.6 Å². The molecule has 1 fully saturated rings. The highest BCUT2D eigenvalue weighted by Gasteiger charge is 2.26. The second-order valence-corrected chi connectivity index (χ2v) is 6.43. The number of carbonyl (C=O) groups is 1. The molecule has 1 atom stereocenters. The number of rotatable bonds is 4. The first-order valence-electron chi connectivity index (χ1n) is 8.57. The van der Waals surface area contributed by atoms with Crippen molar-refractivity contribution >= 4 is 5.91 Å². The van der Waals surface area contributed by atoms with Gasteiger partial charge >= 0.3 is 0 Å². The molecule has 4 rings (SSSR count). The summed E-state index contributed by atoms with van der Waals surface area (Å²) in [5.74, 6) is 1.37. The molecule has 0 spiro atoms. The Morgan fingerprint density at radius 3 is 2.92 bits per heavy atom. The first-order chi connectivity index (χ1) is 12.3. The highest BCUT2D eigenvalue weighted by molar-refractivity contribution is 5.93. The maximum Gasteiger partial charge on any atom is 0.257 e. The van der Waals surface area contributed by atoms with E-state index >= 15 is 0 Å². The van der Waals surface area contributed by atoms with Crippen molar-refractivity contribution in [1.82, 2.24) is 19.7 Å². The molecule has 2 aromatic heterocycles. The summed E-state index contributed by atoms with van der Waals surface area (Å²) in [5, 5.41) is 8.38. The number of furan rings is 1. The van der Waals surface area contributed by atoms with E-state index in [1.165, 1.54) is 12.5 Å². The van der Waals surface area contributed by atoms with Gasteiger partial charge in [-0.05, 0) is 37.0 Å². The fourth-order valence-corrected chi connectivity index (χ4v) is 3.45. The van der Waals surface area contributed by atoms with E-state index in [0.29, 0.717) is 11.5 Å². The Labute approximate surface area is 146 Å². The maximum absolute atomic E-state index is 12.5. The Kier molecular flexibility index (Phi) is 4.33. The van der Waals surface area contributed by atoms with Gasteiger partial charge in [0.2, 0.25) is 0 Å². The summed E-state index contributed by atoms with van der Waals surface area (Å²) in [4.78, 5) is 14.4. The summed E-state index contributed by atoms with van der Waals surface area (Å²) < 4.78 is 7.06. The SMILES string of the molecule is O=C(c1ccoc1)N1CCCC(Cc2nncn2-c2ccccc2)C1. The molecule has 1 aliphatic heterocycles. The standard InChI is InChI=1S/C19H20N4O2/c24-19(16-8-10-25-13-16)22-9-4-5-15(12-22)11-18-21-20-14-23(18)17-6-2-1-3-7-17/h1-3,6-8,10,13-15H,4-5,9,11-12H2. The van der Waals surface area contributed by atoms with E-state index < -0.39 is 0 Å². The lowest BCUT2D eigenvalue weighted by Crippen LogP contribution is -2.40. The molecular weight excluding hydrogens is 316 g/mol. The Morgan fingerprint density at radius 1 is 1.24 bits per heavy atom. The number of amides is 1. The number of likely N-dealkylation sites (tertiary alicyclic amines) is 1. The Bertz CT molecular complexity index is 826. The van der Waals surface area contributed by atoms with E-state index in [0.717, 1.165) is 43.9 Å². The lowest BCUT2D eigenvalue weighted by atomic mass is 9.94. The van der Waals surface area contributed by atoms with Gasteiger partial charge in [-0.25, -0.2) is 0 Å². The minimum absolute atomic E-state index is 0.0444. The molecule has 1 amide bonds. The van der Waals surface area contributed by atoms with Crippen LogP contribution in [-0.2, 0) is 6.42 Å². The van der Waals surface area contributed by atoms with Crippen molar-refractivity contribution in [1.29, 1.82) is 0 Å². The molecule has 0 N–H and O–H groups in total. The van der Waals surface area contributed by atoms with Crippen LogP contribution in [0.1, 0.15) is 29.0 Å². The van der Waals surface area contributed by atoms with Crippen molar-refractivity contribution in [3.63, 3.8) is 0 Å². The predicted octanol–water partition coefficient (Wildman–Crippen LogP) is 2.96. The average Bonchev–Trinajstić information content (AvgIpc) is 3.34. The lowest BCUT2D eigenvalue weighted by molar-refractivity contribution is 0.0671. The molecule has 3 heterocycles. The van der Waals surface area contributed by atoms with Gasteiger partial charge in [-0.3, -0.25) is 9.36 Å². The molecule has 0 bridgehead atoms. The number of benzene rings is 1. The van der Waals surface area contributed by atoms with Gasteiger partial charge in [0, 0.05) is 25.2 Å². The fourth-order valence-electron chi connectivity index (χ4n) is 3.45. The van der Waals surface area contributed by atoms with E-state index in [2.05, 4.69) is 10.2 Å². The molecule has 6 nitrogen and oxygen atoms in total. The molecule has 128 valence electrons. The molecule has 1 unspecified atom stereocenters. The molecule has 1 aliphatic rings. The number of aromatic nitrogens is 3. The number of carbonyl (C=O) groups excluding carboxylic acids is 1. The van der Waals surface area contributed by atoms with Crippen molar-refractivity contribution < 1.29 is 9.21 Å². The number of hydrogen-bond acceptors (Lipinski definition) is 4. The van der Waals surface area contributed by atoms with Gasteiger partial charge < -0.3 is 9.32 Å². The highest BCUT2D eigenvalue weighted by atomic mass is 16.3. The van der Waals surface area contributed by atoms with E-state index in [9.17, 15) is 4.79 Å². The Morgan fingerprint density at radius 2 is 2.12 bits per heavy atom. The minimum atomic E-state index is 0.0444. The number of piperidine rings is 1. The van der Waals surface area contributed by atoms with Crippen molar-refractivity contribution in [2.24, 2.45) is 5.92 Å². The number of hydrogen-bond donors (Lipinski definition) is 0. The molecule has 3 aromatic rings. The van der Waals surface area contributed by atoms with Gasteiger partial charge in [-0.2, -0.15) is 0 Å². The molecule has 25 heavy (non-hydrogen) atoms. The summed E-state index contributed by atoms with van der Waals surface area (Å²) >= 11 is 0. The van der Waals surface area contributed by atoms with Gasteiger partial charge in [0.25, 0.3) is 5.91 Å². The summed E-state index contributed by atoms with van der Waals surface area (Å²) in [6.07, 6.45) is 7.71. The van der Waals surface area contributed by atoms with Gasteiger partial charge in [0.15, 0.2) is 0 Å². The minimum Gasteiger partial charge on any atom is -0.472 e. The molecular formula is C19H20N4O2. The zero-order valence-electron chi connectivity index (χ0n) is 13.9. The first-order valence-corrected chi connectivity index (χ1v) is 8.57. The van der Waals surface area contributed by atoms with E-state index in [4.69, 9.17) is 4.42 Å². The highest BCUT2D eigenvalue weighted by Crippen LogP contribution is 2.23. The summed E-state index contributed by atoms with van der Waals surface area (Å²) in [6, 6.07) is 11.8. The van der Waals surface area contributed by atoms with Crippen LogP contribution in [-0.4, -0.2) is 38.7 Å². The van der Waals surface area contributed by atoms with Gasteiger partial charge in [0.05, 0.1) is 11.8 Å². The third kappa shape index (κ3) is 3.33. The first kappa shape index (κ1) is 15.6. The van der Waals surface area contributed by atoms with Crippen LogP contribution in [0.2, 0.25) is 0 Å². The zero-order chi connectivity index (χ0) is 17.1. The van der Waals surface area contributed by atoms with Crippen molar-refractivity contribution in [2.45, 2.75) is 19.3 Å². The van der Waals surface area contributed by atoms with Crippen LogP contribution >= 0.6 is 0 Å². The predicted molar refractivity (Wildman–Crippen MR) is 92.4 cm³/mol. The van der Waals surface area contributed by atoms with E-state index in [1.54, 1.807) is 12.4 Å². The summed E-state index contributed by atoms with van der Waals surface area (Å²) in [5.41, 5.74) is 1.68. The molecule has 1 saturated heterocycles. The molecule has 6 heteroatoms. The van der Waals surface area contributed by atoms with Crippen molar-refractivity contribution in [2.75, 3.05) is 13.1 Å². The quantitative estimate of drug-likeness (QED) is 0.735. The summed E-state index contributed by atoms with van der Waals surface area (Å²) in [6.45, 7) is 1.54. The second-order valence-electron chi connectivity index (χ2n) is 6.43. The average molecular weight is 336 g/mol. The second kappa shape index (κ2) is 6.93. The maximum atomic E-state index is 12.5. The largest absolute Gasteiger partial charge is 0.472 e. The third-order valence-electron chi connectivity index (χ3n) is 4.70. The Hall–Kier alpha value is -2.89. The number of nitrogens with zero attached hydrogens (tertiary/aromatic N) is 4. The Balaban J connectivity index is 1.47. The molecule has 0 saturated carbocycles. The molecule has 1 aromatic carbocycles. The number of para-hydroxylation sites is 1. The smallest absolute Gasteiger partial charge is 0.257 e. The molecule has 0 aliphatic carbocycles. The normalized spacial score (nSPS) is 17.6. The third-order valence-corrected chi connectivity index (χ3v) is 4.70. The van der Waals surface area contributed by atoms with Crippen LogP contribution in [0.4, 0.5) is 0 Å². The van der Waals surface area contributed by atoms with E-state index in [-0.39, 0.29) is 5.91 Å². The van der Waals surface area contributed by atoms with Crippen LogP contribution in [0, 0.1) is 5.92 Å². The van der Waals surface area contributed by atoms with Crippen LogP contribution in [0.5, 0.6) is 0 Å². The van der Waals surface area contributed by atoms with Gasteiger partial charge in [-0.1, -0.05) is 18.2 Å². The summed E-state index contributed by atoms with van der Waals surface area (Å²) in [7, 11) is 0.